The van der Waals surface area contributed by atoms with E-state index >= 15 is 0 Å². The molecule has 0 aliphatic carbocycles. The highest BCUT2D eigenvalue weighted by atomic mass is 16.4. The number of carboxylic acid groups (broad SMARTS) is 1. The van der Waals surface area contributed by atoms with Crippen LogP contribution in [0.5, 0.6) is 0 Å². The number of likely N-dealkylation sites (tertiary alicyclic amines) is 1. The minimum Gasteiger partial charge on any atom is -0.481 e. The number of rotatable bonds is 7. The van der Waals surface area contributed by atoms with Crippen LogP contribution in [0.2, 0.25) is 0 Å². The summed E-state index contributed by atoms with van der Waals surface area (Å²) in [6.45, 7) is 0.675. The van der Waals surface area contributed by atoms with E-state index in [1.54, 1.807) is 29.2 Å². The zero-order chi connectivity index (χ0) is 18.9. The summed E-state index contributed by atoms with van der Waals surface area (Å²) in [5, 5.41) is 13.8. The fraction of sp³-hybridized carbons (Fsp3) is 0.444. The van der Waals surface area contributed by atoms with Crippen LogP contribution in [0, 0.1) is 0 Å². The van der Waals surface area contributed by atoms with E-state index in [1.807, 2.05) is 0 Å². The molecule has 1 saturated heterocycles. The number of carboxylic acids is 1. The molecule has 1 aromatic rings. The fourth-order valence-corrected chi connectivity index (χ4v) is 2.67. The van der Waals surface area contributed by atoms with Crippen molar-refractivity contribution in [3.05, 3.63) is 29.8 Å². The summed E-state index contributed by atoms with van der Waals surface area (Å²) in [6, 6.07) is 6.27. The summed E-state index contributed by atoms with van der Waals surface area (Å²) < 4.78 is 0. The van der Waals surface area contributed by atoms with Gasteiger partial charge in [0.1, 0.15) is 0 Å². The molecular weight excluding hydrogens is 338 g/mol. The van der Waals surface area contributed by atoms with Crippen LogP contribution in [0.1, 0.15) is 42.5 Å². The second-order valence-corrected chi connectivity index (χ2v) is 6.15. The van der Waals surface area contributed by atoms with Crippen LogP contribution in [0.15, 0.2) is 24.3 Å². The molecule has 3 N–H and O–H groups in total. The zero-order valence-corrected chi connectivity index (χ0v) is 14.5. The number of amides is 3. The van der Waals surface area contributed by atoms with Crippen molar-refractivity contribution in [1.29, 1.82) is 0 Å². The molecule has 1 aliphatic rings. The van der Waals surface area contributed by atoms with E-state index < -0.39 is 5.97 Å². The van der Waals surface area contributed by atoms with Crippen molar-refractivity contribution in [1.82, 2.24) is 10.2 Å². The number of carbonyl (C=O) groups excluding carboxylic acids is 3. The summed E-state index contributed by atoms with van der Waals surface area (Å²) in [5.74, 6) is -1.63. The molecule has 0 unspecified atom stereocenters. The molecule has 0 spiro atoms. The molecule has 0 aromatic heterocycles. The summed E-state index contributed by atoms with van der Waals surface area (Å²) in [4.78, 5) is 47.9. The van der Waals surface area contributed by atoms with E-state index in [0.717, 1.165) is 19.3 Å². The van der Waals surface area contributed by atoms with Gasteiger partial charge in [0, 0.05) is 30.8 Å². The van der Waals surface area contributed by atoms with Gasteiger partial charge >= 0.3 is 5.97 Å². The standard InChI is InChI=1S/C18H23N3O5/c22-15(12-21-11-3-1-2-4-16(21)23)20-14-7-5-13(6-8-14)18(26)19-10-9-17(24)25/h5-8H,1-4,9-12H2,(H,19,26)(H,20,22)(H,24,25). The molecule has 1 aliphatic heterocycles. The Morgan fingerprint density at radius 2 is 1.81 bits per heavy atom. The van der Waals surface area contributed by atoms with E-state index in [-0.39, 0.29) is 37.2 Å². The van der Waals surface area contributed by atoms with Crippen LogP contribution in [-0.2, 0) is 14.4 Å². The highest BCUT2D eigenvalue weighted by molar-refractivity contribution is 5.97. The van der Waals surface area contributed by atoms with E-state index in [2.05, 4.69) is 10.6 Å². The highest BCUT2D eigenvalue weighted by Gasteiger charge is 2.19. The lowest BCUT2D eigenvalue weighted by molar-refractivity contribution is -0.136. The first-order valence-corrected chi connectivity index (χ1v) is 8.63. The van der Waals surface area contributed by atoms with Gasteiger partial charge in [-0.05, 0) is 37.1 Å². The summed E-state index contributed by atoms with van der Waals surface area (Å²) in [7, 11) is 0. The molecule has 0 atom stereocenters. The number of hydrogen-bond acceptors (Lipinski definition) is 4. The van der Waals surface area contributed by atoms with Gasteiger partial charge in [-0.25, -0.2) is 0 Å². The van der Waals surface area contributed by atoms with E-state index in [4.69, 9.17) is 5.11 Å². The molecule has 0 bridgehead atoms. The predicted octanol–water partition coefficient (Wildman–Crippen LogP) is 1.23. The number of aliphatic carboxylic acids is 1. The molecule has 0 saturated carbocycles. The van der Waals surface area contributed by atoms with Crippen molar-refractivity contribution >= 4 is 29.4 Å². The molecule has 1 aromatic carbocycles. The van der Waals surface area contributed by atoms with E-state index in [0.29, 0.717) is 24.2 Å². The second kappa shape index (κ2) is 9.55. The normalized spacial score (nSPS) is 14.5. The van der Waals surface area contributed by atoms with Crippen LogP contribution >= 0.6 is 0 Å². The lowest BCUT2D eigenvalue weighted by Gasteiger charge is -2.19. The minimum atomic E-state index is -0.980. The van der Waals surface area contributed by atoms with Gasteiger partial charge in [-0.3, -0.25) is 19.2 Å². The van der Waals surface area contributed by atoms with E-state index in [9.17, 15) is 19.2 Å². The Hall–Kier alpha value is -2.90. The Morgan fingerprint density at radius 1 is 1.08 bits per heavy atom. The first-order valence-electron chi connectivity index (χ1n) is 8.63. The number of nitrogens with one attached hydrogen (secondary N) is 2. The van der Waals surface area contributed by atoms with Crippen molar-refractivity contribution in [2.75, 3.05) is 25.0 Å². The quantitative estimate of drug-likeness (QED) is 0.675. The number of carbonyl (C=O) groups is 4. The molecule has 26 heavy (non-hydrogen) atoms. The van der Waals surface area contributed by atoms with Gasteiger partial charge in [0.25, 0.3) is 5.91 Å². The van der Waals surface area contributed by atoms with Gasteiger partial charge in [0.2, 0.25) is 11.8 Å². The Kier molecular flexibility index (Phi) is 7.13. The molecule has 1 heterocycles. The first kappa shape index (κ1) is 19.4. The third-order valence-corrected chi connectivity index (χ3v) is 4.06. The maximum atomic E-state index is 12.1. The van der Waals surface area contributed by atoms with Gasteiger partial charge < -0.3 is 20.6 Å². The lowest BCUT2D eigenvalue weighted by Crippen LogP contribution is -2.37. The molecular formula is C18H23N3O5. The maximum Gasteiger partial charge on any atom is 0.305 e. The van der Waals surface area contributed by atoms with Gasteiger partial charge in [-0.15, -0.1) is 0 Å². The predicted molar refractivity (Wildman–Crippen MR) is 94.7 cm³/mol. The summed E-state index contributed by atoms with van der Waals surface area (Å²) >= 11 is 0. The Balaban J connectivity index is 1.84. The van der Waals surface area contributed by atoms with Crippen LogP contribution in [0.25, 0.3) is 0 Å². The van der Waals surface area contributed by atoms with Crippen molar-refractivity contribution in [2.45, 2.75) is 32.1 Å². The number of nitrogens with zero attached hydrogens (tertiary/aromatic N) is 1. The van der Waals surface area contributed by atoms with Gasteiger partial charge in [0.15, 0.2) is 0 Å². The summed E-state index contributed by atoms with van der Waals surface area (Å²) in [5.41, 5.74) is 0.899. The van der Waals surface area contributed by atoms with Crippen LogP contribution < -0.4 is 10.6 Å². The van der Waals surface area contributed by atoms with Gasteiger partial charge in [-0.1, -0.05) is 6.42 Å². The maximum absolute atomic E-state index is 12.1. The third kappa shape index (κ3) is 6.19. The number of anilines is 1. The molecule has 2 rings (SSSR count). The molecule has 8 heteroatoms. The molecule has 140 valence electrons. The average Bonchev–Trinajstić information content (AvgIpc) is 2.79. The second-order valence-electron chi connectivity index (χ2n) is 6.15. The molecule has 0 radical (unpaired) electrons. The van der Waals surface area contributed by atoms with Crippen molar-refractivity contribution in [2.24, 2.45) is 0 Å². The van der Waals surface area contributed by atoms with Crippen molar-refractivity contribution in [3.8, 4) is 0 Å². The smallest absolute Gasteiger partial charge is 0.305 e. The SMILES string of the molecule is O=C(O)CCNC(=O)c1ccc(NC(=O)CN2CCCCCC2=O)cc1. The molecule has 3 amide bonds. The Bertz CT molecular complexity index is 672. The van der Waals surface area contributed by atoms with Crippen molar-refractivity contribution in [3.63, 3.8) is 0 Å². The monoisotopic (exact) mass is 361 g/mol. The van der Waals surface area contributed by atoms with Crippen LogP contribution in [0.4, 0.5) is 5.69 Å². The third-order valence-electron chi connectivity index (χ3n) is 4.06. The topological polar surface area (TPSA) is 116 Å². The summed E-state index contributed by atoms with van der Waals surface area (Å²) in [6.07, 6.45) is 3.12. The largest absolute Gasteiger partial charge is 0.481 e. The molecule has 1 fully saturated rings. The van der Waals surface area contributed by atoms with Crippen molar-refractivity contribution < 1.29 is 24.3 Å². The Labute approximate surface area is 151 Å². The highest BCUT2D eigenvalue weighted by Crippen LogP contribution is 2.12. The minimum absolute atomic E-state index is 0.00558. The van der Waals surface area contributed by atoms with Crippen LogP contribution in [-0.4, -0.2) is 53.3 Å². The van der Waals surface area contributed by atoms with Gasteiger partial charge in [0.05, 0.1) is 13.0 Å². The van der Waals surface area contributed by atoms with Gasteiger partial charge in [-0.2, -0.15) is 0 Å². The van der Waals surface area contributed by atoms with E-state index in [1.165, 1.54) is 0 Å². The lowest BCUT2D eigenvalue weighted by atomic mass is 10.2. The number of hydrogen-bond donors (Lipinski definition) is 3. The number of benzene rings is 1. The first-order chi connectivity index (χ1) is 12.5. The molecule has 8 nitrogen and oxygen atoms in total. The zero-order valence-electron chi connectivity index (χ0n) is 14.5. The fourth-order valence-electron chi connectivity index (χ4n) is 2.67. The van der Waals surface area contributed by atoms with Crippen LogP contribution in [0.3, 0.4) is 0 Å². The Morgan fingerprint density at radius 3 is 2.50 bits per heavy atom. The average molecular weight is 361 g/mol.